The molecule has 2 aliphatic heterocycles. The van der Waals surface area contributed by atoms with E-state index < -0.39 is 0 Å². The molecule has 5 heteroatoms. The molecule has 2 aliphatic rings. The molecule has 33 heavy (non-hydrogen) atoms. The third-order valence-corrected chi connectivity index (χ3v) is 6.66. The zero-order valence-corrected chi connectivity index (χ0v) is 19.6. The predicted molar refractivity (Wildman–Crippen MR) is 130 cm³/mol. The van der Waals surface area contributed by atoms with Gasteiger partial charge in [0, 0.05) is 36.3 Å². The van der Waals surface area contributed by atoms with E-state index in [1.807, 2.05) is 6.07 Å². The van der Waals surface area contributed by atoms with Crippen molar-refractivity contribution in [1.29, 1.82) is 0 Å². The first kappa shape index (κ1) is 21.3. The van der Waals surface area contributed by atoms with Gasteiger partial charge in [0.15, 0.2) is 23.0 Å². The van der Waals surface area contributed by atoms with Crippen LogP contribution >= 0.6 is 0 Å². The largest absolute Gasteiger partial charge is 0.493 e. The molecule has 0 fully saturated rings. The van der Waals surface area contributed by atoms with E-state index in [4.69, 9.17) is 18.9 Å². The van der Waals surface area contributed by atoms with Crippen molar-refractivity contribution in [3.8, 4) is 23.0 Å². The van der Waals surface area contributed by atoms with Crippen LogP contribution in [-0.4, -0.2) is 39.9 Å². The van der Waals surface area contributed by atoms with Crippen molar-refractivity contribution in [3.63, 3.8) is 0 Å². The zero-order valence-electron chi connectivity index (χ0n) is 19.6. The lowest BCUT2D eigenvalue weighted by atomic mass is 9.83. The number of fused-ring (bicyclic) bond motifs is 4. The first-order chi connectivity index (χ1) is 16.2. The lowest BCUT2D eigenvalue weighted by molar-refractivity contribution is 0.332. The second-order valence-electron chi connectivity index (χ2n) is 8.35. The number of benzene rings is 3. The summed E-state index contributed by atoms with van der Waals surface area (Å²) in [6.45, 7) is 1.70. The molecule has 0 N–H and O–H groups in total. The minimum Gasteiger partial charge on any atom is -0.493 e. The number of methoxy groups -OCH3 is 4. The molecule has 2 heterocycles. The van der Waals surface area contributed by atoms with Crippen LogP contribution in [0.3, 0.4) is 0 Å². The van der Waals surface area contributed by atoms with E-state index in [0.29, 0.717) is 0 Å². The molecule has 5 rings (SSSR count). The molecule has 0 amide bonds. The number of allylic oxidation sites excluding steroid dienone is 1. The Morgan fingerprint density at radius 1 is 0.758 bits per heavy atom. The molecular weight excluding hydrogens is 414 g/mol. The summed E-state index contributed by atoms with van der Waals surface area (Å²) in [7, 11) is 6.79. The molecule has 170 valence electrons. The standard InChI is InChI=1S/C28H29NO4/c1-30-24-11-10-20-22(14-18-8-6-5-7-9-18)27-21-16-26(32-3)25(31-2)15-19(21)12-13-29(27)17-23(20)28(24)33-4/h5-11,15-16H,12-14,17H2,1-4H3. The normalized spacial score (nSPS) is 14.2. The van der Waals surface area contributed by atoms with Crippen LogP contribution in [0.4, 0.5) is 0 Å². The third-order valence-electron chi connectivity index (χ3n) is 6.66. The van der Waals surface area contributed by atoms with E-state index >= 15 is 0 Å². The fourth-order valence-corrected chi connectivity index (χ4v) is 5.13. The maximum Gasteiger partial charge on any atom is 0.166 e. The molecule has 0 saturated carbocycles. The van der Waals surface area contributed by atoms with E-state index in [-0.39, 0.29) is 0 Å². The molecule has 3 aromatic carbocycles. The molecule has 0 aliphatic carbocycles. The van der Waals surface area contributed by atoms with Crippen molar-refractivity contribution in [3.05, 3.63) is 82.4 Å². The molecule has 0 atom stereocenters. The molecule has 0 radical (unpaired) electrons. The molecule has 5 nitrogen and oxygen atoms in total. The van der Waals surface area contributed by atoms with Crippen molar-refractivity contribution < 1.29 is 18.9 Å². The summed E-state index contributed by atoms with van der Waals surface area (Å²) < 4.78 is 22.7. The first-order valence-electron chi connectivity index (χ1n) is 11.2. The Kier molecular flexibility index (Phi) is 5.63. The Hall–Kier alpha value is -3.60. The highest BCUT2D eigenvalue weighted by atomic mass is 16.5. The summed E-state index contributed by atoms with van der Waals surface area (Å²) in [5, 5.41) is 0. The summed E-state index contributed by atoms with van der Waals surface area (Å²) in [5.74, 6) is 3.11. The highest BCUT2D eigenvalue weighted by molar-refractivity contribution is 5.96. The van der Waals surface area contributed by atoms with E-state index in [1.54, 1.807) is 28.4 Å². The molecule has 0 saturated heterocycles. The van der Waals surface area contributed by atoms with Crippen molar-refractivity contribution in [1.82, 2.24) is 4.90 Å². The minimum absolute atomic E-state index is 0.753. The van der Waals surface area contributed by atoms with Crippen molar-refractivity contribution >= 4 is 11.3 Å². The number of ether oxygens (including phenoxy) is 4. The molecule has 0 unspecified atom stereocenters. The van der Waals surface area contributed by atoms with Gasteiger partial charge in [-0.15, -0.1) is 0 Å². The number of hydrogen-bond acceptors (Lipinski definition) is 5. The average molecular weight is 444 g/mol. The van der Waals surface area contributed by atoms with Gasteiger partial charge < -0.3 is 23.8 Å². The summed E-state index contributed by atoms with van der Waals surface area (Å²) in [6.07, 6.45) is 1.77. The molecular formula is C28H29NO4. The quantitative estimate of drug-likeness (QED) is 0.524. The van der Waals surface area contributed by atoms with Gasteiger partial charge in [-0.1, -0.05) is 36.4 Å². The van der Waals surface area contributed by atoms with Gasteiger partial charge in [-0.2, -0.15) is 0 Å². The van der Waals surface area contributed by atoms with Gasteiger partial charge in [-0.25, -0.2) is 0 Å². The van der Waals surface area contributed by atoms with E-state index in [0.717, 1.165) is 48.9 Å². The molecule has 0 aromatic heterocycles. The van der Waals surface area contributed by atoms with Crippen molar-refractivity contribution in [2.24, 2.45) is 0 Å². The van der Waals surface area contributed by atoms with Crippen LogP contribution in [0.25, 0.3) is 11.3 Å². The summed E-state index contributed by atoms with van der Waals surface area (Å²) >= 11 is 0. The van der Waals surface area contributed by atoms with Crippen LogP contribution in [-0.2, 0) is 19.4 Å². The molecule has 3 aromatic rings. The number of hydrogen-bond donors (Lipinski definition) is 0. The maximum absolute atomic E-state index is 5.84. The minimum atomic E-state index is 0.753. The van der Waals surface area contributed by atoms with E-state index in [9.17, 15) is 0 Å². The lowest BCUT2D eigenvalue weighted by Crippen LogP contribution is -2.33. The maximum atomic E-state index is 5.84. The second kappa shape index (κ2) is 8.74. The summed E-state index contributed by atoms with van der Waals surface area (Å²) in [4.78, 5) is 2.47. The lowest BCUT2D eigenvalue weighted by Gasteiger charge is -2.40. The summed E-state index contributed by atoms with van der Waals surface area (Å²) in [5.41, 5.74) is 8.71. The highest BCUT2D eigenvalue weighted by Gasteiger charge is 2.33. The van der Waals surface area contributed by atoms with Gasteiger partial charge in [-0.05, 0) is 46.9 Å². The van der Waals surface area contributed by atoms with Crippen LogP contribution in [0.1, 0.15) is 27.8 Å². The van der Waals surface area contributed by atoms with Crippen LogP contribution in [0.2, 0.25) is 0 Å². The fraction of sp³-hybridized carbons (Fsp3) is 0.286. The average Bonchev–Trinajstić information content (AvgIpc) is 2.87. The monoisotopic (exact) mass is 443 g/mol. The van der Waals surface area contributed by atoms with Crippen LogP contribution in [0.5, 0.6) is 23.0 Å². The Morgan fingerprint density at radius 3 is 2.18 bits per heavy atom. The Morgan fingerprint density at radius 2 is 1.48 bits per heavy atom. The Bertz CT molecular complexity index is 1220. The van der Waals surface area contributed by atoms with Crippen molar-refractivity contribution in [2.45, 2.75) is 19.4 Å². The molecule has 0 spiro atoms. The SMILES string of the molecule is COc1cc2c(cc1OC)C1=C(Cc3ccccc3)c3ccc(OC)c(OC)c3CN1CC2. The van der Waals surface area contributed by atoms with E-state index in [2.05, 4.69) is 53.4 Å². The molecule has 0 bridgehead atoms. The number of rotatable bonds is 6. The van der Waals surface area contributed by atoms with Crippen LogP contribution in [0.15, 0.2) is 54.6 Å². The smallest absolute Gasteiger partial charge is 0.166 e. The Balaban J connectivity index is 1.78. The highest BCUT2D eigenvalue weighted by Crippen LogP contribution is 2.48. The zero-order chi connectivity index (χ0) is 22.9. The number of nitrogens with zero attached hydrogens (tertiary/aromatic N) is 1. The van der Waals surface area contributed by atoms with Gasteiger partial charge in [0.25, 0.3) is 0 Å². The fourth-order valence-electron chi connectivity index (χ4n) is 5.13. The second-order valence-corrected chi connectivity index (χ2v) is 8.35. The third kappa shape index (κ3) is 3.58. The topological polar surface area (TPSA) is 40.2 Å². The summed E-state index contributed by atoms with van der Waals surface area (Å²) in [6, 6.07) is 19.1. The first-order valence-corrected chi connectivity index (χ1v) is 11.2. The van der Waals surface area contributed by atoms with Gasteiger partial charge in [0.2, 0.25) is 0 Å². The van der Waals surface area contributed by atoms with Crippen LogP contribution < -0.4 is 18.9 Å². The van der Waals surface area contributed by atoms with Gasteiger partial charge in [0.1, 0.15) is 0 Å². The van der Waals surface area contributed by atoms with Gasteiger partial charge >= 0.3 is 0 Å². The predicted octanol–water partition coefficient (Wildman–Crippen LogP) is 5.20. The van der Waals surface area contributed by atoms with Gasteiger partial charge in [0.05, 0.1) is 28.4 Å². The van der Waals surface area contributed by atoms with Gasteiger partial charge in [-0.3, -0.25) is 0 Å². The Labute approximate surface area is 195 Å². The van der Waals surface area contributed by atoms with Crippen LogP contribution in [0, 0.1) is 0 Å². The van der Waals surface area contributed by atoms with E-state index in [1.165, 1.54) is 39.1 Å². The van der Waals surface area contributed by atoms with Crippen molar-refractivity contribution in [2.75, 3.05) is 35.0 Å².